The van der Waals surface area contributed by atoms with E-state index in [1.165, 1.54) is 13.2 Å². The van der Waals surface area contributed by atoms with E-state index >= 15 is 0 Å². The van der Waals surface area contributed by atoms with Crippen LogP contribution in [0, 0.1) is 10.1 Å². The van der Waals surface area contributed by atoms with E-state index in [0.717, 1.165) is 18.7 Å². The molecule has 0 aliphatic carbocycles. The van der Waals surface area contributed by atoms with Gasteiger partial charge in [-0.1, -0.05) is 0 Å². The molecule has 1 N–H and O–H groups in total. The molecule has 0 spiro atoms. The van der Waals surface area contributed by atoms with Gasteiger partial charge < -0.3 is 10.1 Å². The molecule has 1 aromatic carbocycles. The maximum absolute atomic E-state index is 11.0. The number of benzene rings is 1. The Morgan fingerprint density at radius 1 is 1.35 bits per heavy atom. The maximum Gasteiger partial charge on any atom is 0.273 e. The van der Waals surface area contributed by atoms with Crippen LogP contribution in [0.3, 0.4) is 0 Å². The van der Waals surface area contributed by atoms with Crippen LogP contribution in [0.5, 0.6) is 5.75 Å². The fourth-order valence-corrected chi connectivity index (χ4v) is 2.65. The van der Waals surface area contributed by atoms with E-state index in [9.17, 15) is 10.1 Å². The number of piperazine rings is 1. The Morgan fingerprint density at radius 3 is 2.55 bits per heavy atom. The minimum atomic E-state index is -0.378. The second-order valence-electron chi connectivity index (χ2n) is 5.33. The minimum absolute atomic E-state index is 0.0785. The third-order valence-corrected chi connectivity index (χ3v) is 3.77. The van der Waals surface area contributed by atoms with Gasteiger partial charge in [-0.2, -0.15) is 0 Å². The fraction of sp³-hybridized carbons (Fsp3) is 0.571. The monoisotopic (exact) mass is 279 g/mol. The molecule has 1 aliphatic heterocycles. The standard InChI is InChI=1S/C14H21N3O3/c1-10-7-15-8-11(2)16(10)9-12-4-13(17(18)19)6-14(5-12)20-3/h4-6,10-11,15H,7-9H2,1-3H3. The van der Waals surface area contributed by atoms with Crippen molar-refractivity contribution in [1.82, 2.24) is 10.2 Å². The highest BCUT2D eigenvalue weighted by atomic mass is 16.6. The van der Waals surface area contributed by atoms with E-state index in [4.69, 9.17) is 4.74 Å². The molecule has 2 atom stereocenters. The van der Waals surface area contributed by atoms with Crippen LogP contribution in [0.1, 0.15) is 19.4 Å². The Hall–Kier alpha value is -1.66. The zero-order valence-electron chi connectivity index (χ0n) is 12.1. The number of nitro groups is 1. The van der Waals surface area contributed by atoms with Gasteiger partial charge in [0.25, 0.3) is 5.69 Å². The molecule has 0 amide bonds. The summed E-state index contributed by atoms with van der Waals surface area (Å²) in [6, 6.07) is 5.76. The number of ether oxygens (including phenoxy) is 1. The van der Waals surface area contributed by atoms with E-state index in [2.05, 4.69) is 24.1 Å². The largest absolute Gasteiger partial charge is 0.496 e. The number of hydrogen-bond donors (Lipinski definition) is 1. The summed E-state index contributed by atoms with van der Waals surface area (Å²) in [4.78, 5) is 12.9. The lowest BCUT2D eigenvalue weighted by Crippen LogP contribution is -2.54. The number of nitro benzene ring substituents is 1. The van der Waals surface area contributed by atoms with Gasteiger partial charge in [0, 0.05) is 37.8 Å². The van der Waals surface area contributed by atoms with E-state index in [-0.39, 0.29) is 10.6 Å². The molecule has 0 saturated carbocycles. The molecule has 0 radical (unpaired) electrons. The molecular formula is C14H21N3O3. The zero-order chi connectivity index (χ0) is 14.7. The van der Waals surface area contributed by atoms with Crippen LogP contribution in [-0.4, -0.2) is 42.1 Å². The van der Waals surface area contributed by atoms with Gasteiger partial charge in [-0.25, -0.2) is 0 Å². The van der Waals surface area contributed by atoms with Crippen LogP contribution in [0.15, 0.2) is 18.2 Å². The Morgan fingerprint density at radius 2 is 2.00 bits per heavy atom. The first-order chi connectivity index (χ1) is 9.51. The number of hydrogen-bond acceptors (Lipinski definition) is 5. The average Bonchev–Trinajstić information content (AvgIpc) is 2.42. The Bertz CT molecular complexity index is 483. The van der Waals surface area contributed by atoms with Gasteiger partial charge in [-0.3, -0.25) is 15.0 Å². The SMILES string of the molecule is COc1cc(CN2C(C)CNCC2C)cc([N+](=O)[O-])c1. The molecule has 1 heterocycles. The predicted molar refractivity (Wildman–Crippen MR) is 77.0 cm³/mol. The van der Waals surface area contributed by atoms with Crippen LogP contribution in [0.25, 0.3) is 0 Å². The number of nitrogens with zero attached hydrogens (tertiary/aromatic N) is 2. The number of rotatable bonds is 4. The first-order valence-corrected chi connectivity index (χ1v) is 6.80. The molecule has 1 saturated heterocycles. The van der Waals surface area contributed by atoms with Gasteiger partial charge in [-0.05, 0) is 25.5 Å². The second kappa shape index (κ2) is 6.19. The molecule has 0 bridgehead atoms. The Labute approximate surface area is 118 Å². The molecule has 0 aromatic heterocycles. The van der Waals surface area contributed by atoms with E-state index < -0.39 is 0 Å². The molecule has 2 unspecified atom stereocenters. The highest BCUT2D eigenvalue weighted by Gasteiger charge is 2.25. The van der Waals surface area contributed by atoms with Crippen molar-refractivity contribution in [3.8, 4) is 5.75 Å². The average molecular weight is 279 g/mol. The van der Waals surface area contributed by atoms with Crippen molar-refractivity contribution in [3.05, 3.63) is 33.9 Å². The molecule has 20 heavy (non-hydrogen) atoms. The van der Waals surface area contributed by atoms with Crippen molar-refractivity contribution < 1.29 is 9.66 Å². The van der Waals surface area contributed by atoms with Gasteiger partial charge >= 0.3 is 0 Å². The molecule has 6 heteroatoms. The molecular weight excluding hydrogens is 258 g/mol. The lowest BCUT2D eigenvalue weighted by Gasteiger charge is -2.39. The smallest absolute Gasteiger partial charge is 0.273 e. The van der Waals surface area contributed by atoms with Crippen LogP contribution in [0.2, 0.25) is 0 Å². The van der Waals surface area contributed by atoms with Crippen molar-refractivity contribution in [2.75, 3.05) is 20.2 Å². The number of methoxy groups -OCH3 is 1. The summed E-state index contributed by atoms with van der Waals surface area (Å²) < 4.78 is 5.15. The first kappa shape index (κ1) is 14.7. The predicted octanol–water partition coefficient (Wildman–Crippen LogP) is 1.79. The van der Waals surface area contributed by atoms with Gasteiger partial charge in [0.1, 0.15) is 5.75 Å². The molecule has 1 fully saturated rings. The van der Waals surface area contributed by atoms with E-state index in [0.29, 0.717) is 24.4 Å². The lowest BCUT2D eigenvalue weighted by atomic mass is 10.1. The van der Waals surface area contributed by atoms with E-state index in [1.807, 2.05) is 6.07 Å². The third kappa shape index (κ3) is 3.26. The number of non-ortho nitro benzene ring substituents is 1. The normalized spacial score (nSPS) is 23.6. The molecule has 110 valence electrons. The van der Waals surface area contributed by atoms with Crippen LogP contribution in [0.4, 0.5) is 5.69 Å². The number of nitrogens with one attached hydrogen (secondary N) is 1. The second-order valence-corrected chi connectivity index (χ2v) is 5.33. The summed E-state index contributed by atoms with van der Waals surface area (Å²) >= 11 is 0. The summed E-state index contributed by atoms with van der Waals surface area (Å²) in [6.45, 7) is 6.91. The quantitative estimate of drug-likeness (QED) is 0.672. The molecule has 2 rings (SSSR count). The van der Waals surface area contributed by atoms with Crippen molar-refractivity contribution >= 4 is 5.69 Å². The Balaban J connectivity index is 2.23. The topological polar surface area (TPSA) is 67.6 Å². The maximum atomic E-state index is 11.0. The van der Waals surface area contributed by atoms with Crippen molar-refractivity contribution in [2.45, 2.75) is 32.5 Å². The van der Waals surface area contributed by atoms with Crippen LogP contribution < -0.4 is 10.1 Å². The fourth-order valence-electron chi connectivity index (χ4n) is 2.65. The summed E-state index contributed by atoms with van der Waals surface area (Å²) in [7, 11) is 1.53. The van der Waals surface area contributed by atoms with Crippen molar-refractivity contribution in [1.29, 1.82) is 0 Å². The summed E-state index contributed by atoms with van der Waals surface area (Å²) in [5, 5.41) is 14.3. The van der Waals surface area contributed by atoms with Crippen molar-refractivity contribution in [3.63, 3.8) is 0 Å². The first-order valence-electron chi connectivity index (χ1n) is 6.80. The Kier molecular flexibility index (Phi) is 4.57. The third-order valence-electron chi connectivity index (χ3n) is 3.77. The highest BCUT2D eigenvalue weighted by molar-refractivity contribution is 5.42. The molecule has 6 nitrogen and oxygen atoms in total. The zero-order valence-corrected chi connectivity index (χ0v) is 12.1. The molecule has 1 aromatic rings. The van der Waals surface area contributed by atoms with Gasteiger partial charge in [0.15, 0.2) is 0 Å². The molecule has 1 aliphatic rings. The summed E-state index contributed by atoms with van der Waals surface area (Å²) in [5.41, 5.74) is 0.992. The van der Waals surface area contributed by atoms with Crippen LogP contribution >= 0.6 is 0 Å². The van der Waals surface area contributed by atoms with Crippen LogP contribution in [-0.2, 0) is 6.54 Å². The highest BCUT2D eigenvalue weighted by Crippen LogP contribution is 2.25. The van der Waals surface area contributed by atoms with Gasteiger partial charge in [0.2, 0.25) is 0 Å². The summed E-state index contributed by atoms with van der Waals surface area (Å²) in [6.07, 6.45) is 0. The lowest BCUT2D eigenvalue weighted by molar-refractivity contribution is -0.385. The van der Waals surface area contributed by atoms with Crippen molar-refractivity contribution in [2.24, 2.45) is 0 Å². The van der Waals surface area contributed by atoms with E-state index in [1.54, 1.807) is 6.07 Å². The summed E-state index contributed by atoms with van der Waals surface area (Å²) in [5.74, 6) is 0.532. The van der Waals surface area contributed by atoms with Gasteiger partial charge in [-0.15, -0.1) is 0 Å². The minimum Gasteiger partial charge on any atom is -0.496 e. The van der Waals surface area contributed by atoms with Gasteiger partial charge in [0.05, 0.1) is 18.1 Å².